The zero-order chi connectivity index (χ0) is 14.0. The van der Waals surface area contributed by atoms with E-state index in [2.05, 4.69) is 0 Å². The quantitative estimate of drug-likeness (QED) is 0.831. The van der Waals surface area contributed by atoms with Crippen LogP contribution >= 0.6 is 0 Å². The van der Waals surface area contributed by atoms with Gasteiger partial charge >= 0.3 is 0 Å². The molecule has 1 aliphatic carbocycles. The first-order valence-electron chi connectivity index (χ1n) is 6.46. The van der Waals surface area contributed by atoms with Gasteiger partial charge in [0.2, 0.25) is 0 Å². The van der Waals surface area contributed by atoms with Gasteiger partial charge in [-0.3, -0.25) is 14.4 Å². The summed E-state index contributed by atoms with van der Waals surface area (Å²) in [7, 11) is 0. The summed E-state index contributed by atoms with van der Waals surface area (Å²) in [4.78, 5) is 36.3. The average Bonchev–Trinajstić information content (AvgIpc) is 2.41. The van der Waals surface area contributed by atoms with Crippen molar-refractivity contribution in [1.29, 1.82) is 0 Å². The molecule has 2 rings (SSSR count). The molecule has 0 saturated carbocycles. The molecule has 0 fully saturated rings. The van der Waals surface area contributed by atoms with E-state index in [4.69, 9.17) is 0 Å². The summed E-state index contributed by atoms with van der Waals surface area (Å²) in [5.41, 5.74) is 1.63. The fourth-order valence-electron chi connectivity index (χ4n) is 2.33. The van der Waals surface area contributed by atoms with Gasteiger partial charge in [-0.25, -0.2) is 0 Å². The molecular formula is C16H16O3. The number of Topliss-reactive ketones (excluding diaryl/α,β-unsaturated/α-hetero) is 3. The minimum Gasteiger partial charge on any atom is -0.299 e. The normalized spacial score (nSPS) is 14.6. The lowest BCUT2D eigenvalue weighted by Crippen LogP contribution is -2.22. The standard InChI is InChI=1S/C16H16O3/c1-3-6-11(17)9-14-10(2)15(18)12-7-4-5-8-13(12)16(14)19/h4-5,7-8H,3,6,9H2,1-2H3. The van der Waals surface area contributed by atoms with E-state index in [1.165, 1.54) is 0 Å². The number of carbonyl (C=O) groups is 3. The zero-order valence-electron chi connectivity index (χ0n) is 11.2. The summed E-state index contributed by atoms with van der Waals surface area (Å²) in [5, 5.41) is 0. The number of rotatable bonds is 4. The number of carbonyl (C=O) groups excluding carboxylic acids is 3. The molecule has 1 aromatic carbocycles. The molecular weight excluding hydrogens is 240 g/mol. The van der Waals surface area contributed by atoms with Crippen LogP contribution in [-0.2, 0) is 4.79 Å². The van der Waals surface area contributed by atoms with Gasteiger partial charge in [0.15, 0.2) is 11.6 Å². The molecule has 3 nitrogen and oxygen atoms in total. The maximum Gasteiger partial charge on any atom is 0.190 e. The molecule has 0 saturated heterocycles. The van der Waals surface area contributed by atoms with Crippen LogP contribution in [0.4, 0.5) is 0 Å². The van der Waals surface area contributed by atoms with Crippen molar-refractivity contribution in [3.8, 4) is 0 Å². The summed E-state index contributed by atoms with van der Waals surface area (Å²) < 4.78 is 0. The summed E-state index contributed by atoms with van der Waals surface area (Å²) >= 11 is 0. The molecule has 0 heterocycles. The minimum absolute atomic E-state index is 0.0115. The van der Waals surface area contributed by atoms with Gasteiger partial charge in [0.05, 0.1) is 0 Å². The Bertz CT molecular complexity index is 594. The van der Waals surface area contributed by atoms with Crippen LogP contribution in [0.5, 0.6) is 0 Å². The summed E-state index contributed by atoms with van der Waals surface area (Å²) in [5.74, 6) is -0.316. The molecule has 0 aliphatic heterocycles. The van der Waals surface area contributed by atoms with Crippen molar-refractivity contribution in [1.82, 2.24) is 0 Å². The second-order valence-corrected chi connectivity index (χ2v) is 4.77. The van der Waals surface area contributed by atoms with Crippen LogP contribution in [0.1, 0.15) is 53.8 Å². The maximum absolute atomic E-state index is 12.4. The first kappa shape index (κ1) is 13.4. The van der Waals surface area contributed by atoms with Crippen molar-refractivity contribution in [3.05, 3.63) is 46.5 Å². The van der Waals surface area contributed by atoms with E-state index in [0.717, 1.165) is 6.42 Å². The van der Waals surface area contributed by atoms with E-state index in [1.807, 2.05) is 6.92 Å². The van der Waals surface area contributed by atoms with E-state index in [9.17, 15) is 14.4 Å². The third-order valence-corrected chi connectivity index (χ3v) is 3.39. The largest absolute Gasteiger partial charge is 0.299 e. The van der Waals surface area contributed by atoms with Gasteiger partial charge < -0.3 is 0 Å². The molecule has 0 amide bonds. The molecule has 1 aromatic rings. The van der Waals surface area contributed by atoms with Crippen molar-refractivity contribution >= 4 is 17.3 Å². The van der Waals surface area contributed by atoms with Gasteiger partial charge in [-0.1, -0.05) is 31.2 Å². The Morgan fingerprint density at radius 2 is 1.63 bits per heavy atom. The minimum atomic E-state index is -0.183. The van der Waals surface area contributed by atoms with Gasteiger partial charge in [-0.05, 0) is 13.3 Å². The predicted molar refractivity (Wildman–Crippen MR) is 72.3 cm³/mol. The number of ketones is 3. The van der Waals surface area contributed by atoms with Crippen molar-refractivity contribution in [3.63, 3.8) is 0 Å². The lowest BCUT2D eigenvalue weighted by atomic mass is 9.82. The number of benzene rings is 1. The first-order chi connectivity index (χ1) is 9.06. The van der Waals surface area contributed by atoms with Crippen molar-refractivity contribution in [2.24, 2.45) is 0 Å². The molecule has 0 unspecified atom stereocenters. The van der Waals surface area contributed by atoms with Gasteiger partial charge in [-0.15, -0.1) is 0 Å². The van der Waals surface area contributed by atoms with E-state index >= 15 is 0 Å². The summed E-state index contributed by atoms with van der Waals surface area (Å²) in [6.45, 7) is 3.55. The highest BCUT2D eigenvalue weighted by atomic mass is 16.1. The zero-order valence-corrected chi connectivity index (χ0v) is 11.2. The molecule has 0 N–H and O–H groups in total. The number of allylic oxidation sites excluding steroid dienone is 2. The maximum atomic E-state index is 12.4. The van der Waals surface area contributed by atoms with Crippen LogP contribution in [0.25, 0.3) is 0 Å². The van der Waals surface area contributed by atoms with Gasteiger partial charge in [-0.2, -0.15) is 0 Å². The lowest BCUT2D eigenvalue weighted by Gasteiger charge is -2.18. The van der Waals surface area contributed by atoms with Crippen LogP contribution in [-0.4, -0.2) is 17.3 Å². The van der Waals surface area contributed by atoms with Crippen LogP contribution in [0.2, 0.25) is 0 Å². The van der Waals surface area contributed by atoms with Crippen molar-refractivity contribution in [2.45, 2.75) is 33.1 Å². The van der Waals surface area contributed by atoms with Gasteiger partial charge in [0.1, 0.15) is 5.78 Å². The van der Waals surface area contributed by atoms with Crippen molar-refractivity contribution in [2.75, 3.05) is 0 Å². The van der Waals surface area contributed by atoms with E-state index in [1.54, 1.807) is 31.2 Å². The Kier molecular flexibility index (Phi) is 3.74. The molecule has 0 aromatic heterocycles. The Morgan fingerprint density at radius 3 is 2.21 bits per heavy atom. The molecule has 3 heteroatoms. The molecule has 0 spiro atoms. The highest BCUT2D eigenvalue weighted by molar-refractivity contribution is 6.27. The number of hydrogen-bond acceptors (Lipinski definition) is 3. The van der Waals surface area contributed by atoms with Crippen LogP contribution in [0, 0.1) is 0 Å². The predicted octanol–water partition coefficient (Wildman–Crippen LogP) is 3.14. The molecule has 0 radical (unpaired) electrons. The Morgan fingerprint density at radius 1 is 1.05 bits per heavy atom. The topological polar surface area (TPSA) is 51.2 Å². The van der Waals surface area contributed by atoms with Crippen LogP contribution < -0.4 is 0 Å². The molecule has 98 valence electrons. The van der Waals surface area contributed by atoms with Crippen LogP contribution in [0.15, 0.2) is 35.4 Å². The summed E-state index contributed by atoms with van der Waals surface area (Å²) in [6, 6.07) is 6.77. The fourth-order valence-corrected chi connectivity index (χ4v) is 2.33. The van der Waals surface area contributed by atoms with Gasteiger partial charge in [0.25, 0.3) is 0 Å². The highest BCUT2D eigenvalue weighted by Gasteiger charge is 2.30. The second kappa shape index (κ2) is 5.31. The number of hydrogen-bond donors (Lipinski definition) is 0. The molecule has 19 heavy (non-hydrogen) atoms. The molecule has 0 bridgehead atoms. The third kappa shape index (κ3) is 2.41. The van der Waals surface area contributed by atoms with Gasteiger partial charge in [0, 0.05) is 35.1 Å². The average molecular weight is 256 g/mol. The third-order valence-electron chi connectivity index (χ3n) is 3.39. The smallest absolute Gasteiger partial charge is 0.190 e. The van der Waals surface area contributed by atoms with E-state index in [-0.39, 0.29) is 23.8 Å². The monoisotopic (exact) mass is 256 g/mol. The Balaban J connectivity index is 2.40. The SMILES string of the molecule is CCCC(=O)CC1=C(C)C(=O)c2ccccc2C1=O. The van der Waals surface area contributed by atoms with E-state index in [0.29, 0.717) is 28.7 Å². The van der Waals surface area contributed by atoms with E-state index < -0.39 is 0 Å². The molecule has 0 atom stereocenters. The Labute approximate surface area is 112 Å². The Hall–Kier alpha value is -2.03. The highest BCUT2D eigenvalue weighted by Crippen LogP contribution is 2.28. The lowest BCUT2D eigenvalue weighted by molar-refractivity contribution is -0.118. The number of fused-ring (bicyclic) bond motifs is 1. The molecule has 1 aliphatic rings. The fraction of sp³-hybridized carbons (Fsp3) is 0.312. The van der Waals surface area contributed by atoms with Crippen LogP contribution in [0.3, 0.4) is 0 Å². The first-order valence-corrected chi connectivity index (χ1v) is 6.46. The van der Waals surface area contributed by atoms with Crippen molar-refractivity contribution < 1.29 is 14.4 Å². The second-order valence-electron chi connectivity index (χ2n) is 4.77. The summed E-state index contributed by atoms with van der Waals surface area (Å²) in [6.07, 6.45) is 1.27.